The molecule has 0 aliphatic carbocycles. The van der Waals surface area contributed by atoms with Crippen molar-refractivity contribution in [2.75, 3.05) is 19.6 Å². The Hall–Kier alpha value is -2.95. The number of hydrogen-bond donors (Lipinski definition) is 1. The van der Waals surface area contributed by atoms with Crippen LogP contribution in [0.25, 0.3) is 11.1 Å². The Labute approximate surface area is 172 Å². The number of piperidine rings is 1. The predicted molar refractivity (Wildman–Crippen MR) is 113 cm³/mol. The Bertz CT molecular complexity index is 846. The molecule has 1 saturated heterocycles. The van der Waals surface area contributed by atoms with Crippen LogP contribution in [0.5, 0.6) is 0 Å². The first-order valence-electron chi connectivity index (χ1n) is 10.2. The van der Waals surface area contributed by atoms with Crippen LogP contribution in [0.15, 0.2) is 54.6 Å². The molecule has 1 heterocycles. The van der Waals surface area contributed by atoms with Crippen LogP contribution in [0, 0.1) is 5.92 Å². The summed E-state index contributed by atoms with van der Waals surface area (Å²) >= 11 is 0. The summed E-state index contributed by atoms with van der Waals surface area (Å²) in [7, 11) is 0. The van der Waals surface area contributed by atoms with Crippen LogP contribution < -0.4 is 5.32 Å². The second-order valence-corrected chi connectivity index (χ2v) is 7.70. The van der Waals surface area contributed by atoms with Gasteiger partial charge in [0.2, 0.25) is 5.91 Å². The molecule has 5 nitrogen and oxygen atoms in total. The van der Waals surface area contributed by atoms with E-state index < -0.39 is 0 Å². The molecule has 29 heavy (non-hydrogen) atoms. The Kier molecular flexibility index (Phi) is 7.17. The van der Waals surface area contributed by atoms with Crippen LogP contribution in [0.4, 0.5) is 0 Å². The summed E-state index contributed by atoms with van der Waals surface area (Å²) in [6.45, 7) is 3.44. The molecule has 2 aromatic rings. The molecule has 0 aromatic heterocycles. The van der Waals surface area contributed by atoms with E-state index >= 15 is 0 Å². The maximum Gasteiger partial charge on any atom is 0.251 e. The third kappa shape index (κ3) is 6.01. The lowest BCUT2D eigenvalue weighted by atomic mass is 9.97. The lowest BCUT2D eigenvalue weighted by Crippen LogP contribution is -2.43. The molecule has 1 N–H and O–H groups in total. The van der Waals surface area contributed by atoms with Crippen molar-refractivity contribution >= 4 is 17.6 Å². The molecule has 1 aliphatic heterocycles. The third-order valence-corrected chi connectivity index (χ3v) is 5.37. The molecular weight excluding hydrogens is 364 g/mol. The van der Waals surface area contributed by atoms with Gasteiger partial charge in [0.05, 0.1) is 0 Å². The van der Waals surface area contributed by atoms with Crippen LogP contribution in [-0.4, -0.2) is 42.1 Å². The van der Waals surface area contributed by atoms with Gasteiger partial charge < -0.3 is 15.0 Å². The molecule has 2 aromatic carbocycles. The lowest BCUT2D eigenvalue weighted by Gasteiger charge is -2.33. The third-order valence-electron chi connectivity index (χ3n) is 5.37. The van der Waals surface area contributed by atoms with Crippen molar-refractivity contribution in [2.24, 2.45) is 5.92 Å². The molecule has 0 bridgehead atoms. The van der Waals surface area contributed by atoms with Crippen LogP contribution >= 0.6 is 0 Å². The molecule has 1 fully saturated rings. The smallest absolute Gasteiger partial charge is 0.251 e. The SMILES string of the molecule is CC(=O)CCC(=O)N1CCC[C@H](CNC(=O)c2ccc(-c3ccccc3)cc2)C1. The molecule has 2 amide bonds. The van der Waals surface area contributed by atoms with Gasteiger partial charge >= 0.3 is 0 Å². The first-order chi connectivity index (χ1) is 14.0. The van der Waals surface area contributed by atoms with Gasteiger partial charge in [0, 0.05) is 38.0 Å². The van der Waals surface area contributed by atoms with Crippen LogP contribution in [0.2, 0.25) is 0 Å². The van der Waals surface area contributed by atoms with E-state index in [9.17, 15) is 14.4 Å². The van der Waals surface area contributed by atoms with Crippen LogP contribution in [0.3, 0.4) is 0 Å². The summed E-state index contributed by atoms with van der Waals surface area (Å²) in [5.74, 6) is 0.229. The lowest BCUT2D eigenvalue weighted by molar-refractivity contribution is -0.134. The number of likely N-dealkylation sites (tertiary alicyclic amines) is 1. The molecule has 1 atom stereocenters. The number of carbonyl (C=O) groups excluding carboxylic acids is 3. The molecule has 0 unspecified atom stereocenters. The van der Waals surface area contributed by atoms with Crippen molar-refractivity contribution in [1.82, 2.24) is 10.2 Å². The number of nitrogens with zero attached hydrogens (tertiary/aromatic N) is 1. The first-order valence-corrected chi connectivity index (χ1v) is 10.2. The number of rotatable bonds is 7. The molecule has 0 spiro atoms. The zero-order chi connectivity index (χ0) is 20.6. The number of nitrogens with one attached hydrogen (secondary N) is 1. The minimum atomic E-state index is -0.0929. The minimum absolute atomic E-state index is 0.0349. The largest absolute Gasteiger partial charge is 0.352 e. The van der Waals surface area contributed by atoms with Gasteiger partial charge in [-0.25, -0.2) is 0 Å². The van der Waals surface area contributed by atoms with Crippen LogP contribution in [-0.2, 0) is 9.59 Å². The van der Waals surface area contributed by atoms with Gasteiger partial charge in [0.15, 0.2) is 0 Å². The average molecular weight is 392 g/mol. The molecule has 3 rings (SSSR count). The Morgan fingerprint density at radius 1 is 0.966 bits per heavy atom. The minimum Gasteiger partial charge on any atom is -0.352 e. The van der Waals surface area contributed by atoms with Gasteiger partial charge in [-0.05, 0) is 48.9 Å². The van der Waals surface area contributed by atoms with E-state index in [2.05, 4.69) is 5.32 Å². The van der Waals surface area contributed by atoms with Crippen molar-refractivity contribution in [3.05, 3.63) is 60.2 Å². The van der Waals surface area contributed by atoms with Crippen LogP contribution in [0.1, 0.15) is 43.0 Å². The summed E-state index contributed by atoms with van der Waals surface area (Å²) < 4.78 is 0. The zero-order valence-electron chi connectivity index (χ0n) is 16.9. The number of carbonyl (C=O) groups is 3. The van der Waals surface area contributed by atoms with Gasteiger partial charge in [-0.3, -0.25) is 9.59 Å². The summed E-state index contributed by atoms with van der Waals surface area (Å²) in [6.07, 6.45) is 2.50. The zero-order valence-corrected chi connectivity index (χ0v) is 16.9. The average Bonchev–Trinajstić information content (AvgIpc) is 2.76. The standard InChI is InChI=1S/C24H28N2O3/c1-18(27)9-14-23(28)26-15-5-6-19(17-26)16-25-24(29)22-12-10-21(11-13-22)20-7-3-2-4-8-20/h2-4,7-8,10-13,19H,5-6,9,14-17H2,1H3,(H,25,29)/t19-/m1/s1. The van der Waals surface area contributed by atoms with E-state index in [1.54, 1.807) is 0 Å². The summed E-state index contributed by atoms with van der Waals surface area (Å²) in [5.41, 5.74) is 2.83. The number of hydrogen-bond acceptors (Lipinski definition) is 3. The van der Waals surface area contributed by atoms with E-state index in [1.165, 1.54) is 6.92 Å². The monoisotopic (exact) mass is 392 g/mol. The Morgan fingerprint density at radius 2 is 1.66 bits per heavy atom. The number of benzene rings is 2. The maximum absolute atomic E-state index is 12.5. The highest BCUT2D eigenvalue weighted by atomic mass is 16.2. The molecule has 5 heteroatoms. The number of Topliss-reactive ketones (excluding diaryl/α,β-unsaturated/α-hetero) is 1. The molecule has 0 radical (unpaired) electrons. The summed E-state index contributed by atoms with van der Waals surface area (Å²) in [5, 5.41) is 3.01. The fourth-order valence-corrected chi connectivity index (χ4v) is 3.68. The fourth-order valence-electron chi connectivity index (χ4n) is 3.68. The quantitative estimate of drug-likeness (QED) is 0.781. The van der Waals surface area contributed by atoms with Gasteiger partial charge in [-0.15, -0.1) is 0 Å². The Morgan fingerprint density at radius 3 is 2.34 bits per heavy atom. The van der Waals surface area contributed by atoms with Crippen molar-refractivity contribution in [1.29, 1.82) is 0 Å². The number of ketones is 1. The molecular formula is C24H28N2O3. The summed E-state index contributed by atoms with van der Waals surface area (Å²) in [6, 6.07) is 17.7. The number of amides is 2. The van der Waals surface area contributed by atoms with E-state index in [0.29, 0.717) is 25.1 Å². The van der Waals surface area contributed by atoms with Crippen molar-refractivity contribution in [3.63, 3.8) is 0 Å². The topological polar surface area (TPSA) is 66.5 Å². The van der Waals surface area contributed by atoms with Gasteiger partial charge in [0.1, 0.15) is 5.78 Å². The first kappa shape index (κ1) is 20.8. The van der Waals surface area contributed by atoms with E-state index in [0.717, 1.165) is 30.5 Å². The van der Waals surface area contributed by atoms with Crippen molar-refractivity contribution in [3.8, 4) is 11.1 Å². The highest BCUT2D eigenvalue weighted by Gasteiger charge is 2.24. The Balaban J connectivity index is 1.49. The van der Waals surface area contributed by atoms with Gasteiger partial charge in [0.25, 0.3) is 5.91 Å². The fraction of sp³-hybridized carbons (Fsp3) is 0.375. The van der Waals surface area contributed by atoms with Crippen molar-refractivity contribution < 1.29 is 14.4 Å². The summed E-state index contributed by atoms with van der Waals surface area (Å²) in [4.78, 5) is 37.7. The maximum atomic E-state index is 12.5. The second kappa shape index (κ2) is 10.0. The normalized spacial score (nSPS) is 16.3. The molecule has 1 aliphatic rings. The second-order valence-electron chi connectivity index (χ2n) is 7.70. The van der Waals surface area contributed by atoms with E-state index in [4.69, 9.17) is 0 Å². The highest BCUT2D eigenvalue weighted by molar-refractivity contribution is 5.94. The highest BCUT2D eigenvalue weighted by Crippen LogP contribution is 2.20. The van der Waals surface area contributed by atoms with Gasteiger partial charge in [-0.2, -0.15) is 0 Å². The van der Waals surface area contributed by atoms with Gasteiger partial charge in [-0.1, -0.05) is 42.5 Å². The molecule has 152 valence electrons. The molecule has 0 saturated carbocycles. The van der Waals surface area contributed by atoms with Crippen molar-refractivity contribution in [2.45, 2.75) is 32.6 Å². The van der Waals surface area contributed by atoms with E-state index in [-0.39, 0.29) is 29.9 Å². The predicted octanol–water partition coefficient (Wildman–Crippen LogP) is 3.69. The van der Waals surface area contributed by atoms with E-state index in [1.807, 2.05) is 59.5 Å².